The van der Waals surface area contributed by atoms with Crippen LogP contribution < -0.4 is 10.5 Å². The van der Waals surface area contributed by atoms with Crippen molar-refractivity contribution in [1.82, 2.24) is 4.72 Å². The van der Waals surface area contributed by atoms with E-state index in [1.807, 2.05) is 17.5 Å². The first-order valence-electron chi connectivity index (χ1n) is 5.92. The molecule has 2 aromatic rings. The zero-order valence-corrected chi connectivity index (χ0v) is 13.4. The van der Waals surface area contributed by atoms with E-state index in [0.717, 1.165) is 4.88 Å². The van der Waals surface area contributed by atoms with Crippen LogP contribution in [0.3, 0.4) is 0 Å². The average molecular weight is 331 g/mol. The maximum absolute atomic E-state index is 12.3. The second-order valence-electron chi connectivity index (χ2n) is 4.48. The molecule has 0 aliphatic carbocycles. The highest BCUT2D eigenvalue weighted by atomic mass is 35.5. The van der Waals surface area contributed by atoms with Gasteiger partial charge in [0, 0.05) is 15.6 Å². The van der Waals surface area contributed by atoms with Gasteiger partial charge in [-0.05, 0) is 43.0 Å². The van der Waals surface area contributed by atoms with Gasteiger partial charge in [0.25, 0.3) is 0 Å². The molecule has 1 unspecified atom stereocenters. The van der Waals surface area contributed by atoms with E-state index in [1.54, 1.807) is 13.8 Å². The van der Waals surface area contributed by atoms with E-state index in [0.29, 0.717) is 16.3 Å². The molecule has 4 nitrogen and oxygen atoms in total. The van der Waals surface area contributed by atoms with Gasteiger partial charge in [-0.25, -0.2) is 13.1 Å². The molecule has 20 heavy (non-hydrogen) atoms. The monoisotopic (exact) mass is 330 g/mol. The number of thiophene rings is 1. The van der Waals surface area contributed by atoms with E-state index >= 15 is 0 Å². The van der Waals surface area contributed by atoms with Crippen molar-refractivity contribution in [1.29, 1.82) is 0 Å². The molecule has 7 heteroatoms. The van der Waals surface area contributed by atoms with Gasteiger partial charge in [-0.1, -0.05) is 17.7 Å². The number of sulfonamides is 1. The number of rotatable bonds is 4. The Morgan fingerprint density at radius 3 is 2.65 bits per heavy atom. The van der Waals surface area contributed by atoms with Crippen molar-refractivity contribution in [3.63, 3.8) is 0 Å². The fraction of sp³-hybridized carbons (Fsp3) is 0.231. The molecule has 2 rings (SSSR count). The van der Waals surface area contributed by atoms with Crippen LogP contribution in [0.4, 0.5) is 5.69 Å². The first-order chi connectivity index (χ1) is 9.31. The molecule has 0 bridgehead atoms. The van der Waals surface area contributed by atoms with Crippen molar-refractivity contribution in [3.05, 3.63) is 45.1 Å². The third kappa shape index (κ3) is 3.15. The number of hydrogen-bond acceptors (Lipinski definition) is 4. The van der Waals surface area contributed by atoms with Crippen molar-refractivity contribution < 1.29 is 8.42 Å². The summed E-state index contributed by atoms with van der Waals surface area (Å²) < 4.78 is 27.3. The fourth-order valence-corrected chi connectivity index (χ4v) is 4.11. The predicted molar refractivity (Wildman–Crippen MR) is 83.7 cm³/mol. The van der Waals surface area contributed by atoms with E-state index in [1.165, 1.54) is 23.5 Å². The quantitative estimate of drug-likeness (QED) is 0.844. The van der Waals surface area contributed by atoms with Crippen molar-refractivity contribution in [3.8, 4) is 0 Å². The fourth-order valence-electron chi connectivity index (χ4n) is 1.73. The number of halogens is 1. The van der Waals surface area contributed by atoms with Crippen LogP contribution in [-0.2, 0) is 10.0 Å². The number of hydrogen-bond donors (Lipinski definition) is 2. The van der Waals surface area contributed by atoms with Crippen LogP contribution in [0.2, 0.25) is 5.02 Å². The number of nitrogens with two attached hydrogens (primary N) is 1. The van der Waals surface area contributed by atoms with Gasteiger partial charge in [-0.3, -0.25) is 0 Å². The Morgan fingerprint density at radius 1 is 1.40 bits per heavy atom. The Labute approximate surface area is 127 Å². The van der Waals surface area contributed by atoms with Crippen molar-refractivity contribution in [2.45, 2.75) is 24.8 Å². The van der Waals surface area contributed by atoms with Crippen LogP contribution in [-0.4, -0.2) is 8.42 Å². The van der Waals surface area contributed by atoms with Gasteiger partial charge in [0.15, 0.2) is 0 Å². The highest BCUT2D eigenvalue weighted by Crippen LogP contribution is 2.27. The van der Waals surface area contributed by atoms with Crippen molar-refractivity contribution >= 4 is 38.6 Å². The van der Waals surface area contributed by atoms with E-state index in [9.17, 15) is 8.42 Å². The Balaban J connectivity index is 2.31. The molecule has 0 spiro atoms. The van der Waals surface area contributed by atoms with E-state index in [-0.39, 0.29) is 10.9 Å². The molecule has 0 saturated heterocycles. The third-order valence-electron chi connectivity index (χ3n) is 2.97. The summed E-state index contributed by atoms with van der Waals surface area (Å²) in [5.74, 6) is 0. The molecule has 0 aliphatic heterocycles. The Bertz CT molecular complexity index is 689. The smallest absolute Gasteiger partial charge is 0.241 e. The lowest BCUT2D eigenvalue weighted by molar-refractivity contribution is 0.568. The first kappa shape index (κ1) is 15.3. The highest BCUT2D eigenvalue weighted by molar-refractivity contribution is 7.89. The van der Waals surface area contributed by atoms with Crippen LogP contribution in [0.1, 0.15) is 23.4 Å². The zero-order valence-electron chi connectivity index (χ0n) is 11.1. The van der Waals surface area contributed by atoms with E-state index in [2.05, 4.69) is 4.72 Å². The van der Waals surface area contributed by atoms with Crippen LogP contribution in [0.15, 0.2) is 34.5 Å². The van der Waals surface area contributed by atoms with Gasteiger partial charge in [0.05, 0.1) is 10.9 Å². The number of nitrogens with one attached hydrogen (secondary N) is 1. The van der Waals surface area contributed by atoms with Crippen LogP contribution in [0.25, 0.3) is 0 Å². The Hall–Kier alpha value is -1.08. The van der Waals surface area contributed by atoms with Gasteiger partial charge in [0.1, 0.15) is 0 Å². The van der Waals surface area contributed by atoms with Gasteiger partial charge in [-0.15, -0.1) is 11.3 Å². The summed E-state index contributed by atoms with van der Waals surface area (Å²) in [6, 6.07) is 6.29. The van der Waals surface area contributed by atoms with Crippen molar-refractivity contribution in [2.75, 3.05) is 5.73 Å². The lowest BCUT2D eigenvalue weighted by Gasteiger charge is -2.14. The minimum Gasteiger partial charge on any atom is -0.398 e. The highest BCUT2D eigenvalue weighted by Gasteiger charge is 2.20. The standard InChI is InChI=1S/C13H15ClN2O2S2/c1-8-11(14)6-10(7-12(8)15)20(17,18)16-9(2)13-4-3-5-19-13/h3-7,9,16H,15H2,1-2H3. The first-order valence-corrected chi connectivity index (χ1v) is 8.66. The summed E-state index contributed by atoms with van der Waals surface area (Å²) in [4.78, 5) is 1.02. The number of anilines is 1. The maximum Gasteiger partial charge on any atom is 0.241 e. The predicted octanol–water partition coefficient (Wildman–Crippen LogP) is 3.33. The topological polar surface area (TPSA) is 72.2 Å². The Morgan fingerprint density at radius 2 is 2.10 bits per heavy atom. The average Bonchev–Trinajstić information content (AvgIpc) is 2.88. The van der Waals surface area contributed by atoms with Crippen LogP contribution >= 0.6 is 22.9 Å². The zero-order chi connectivity index (χ0) is 14.9. The Kier molecular flexibility index (Phi) is 4.39. The SMILES string of the molecule is Cc1c(N)cc(S(=O)(=O)NC(C)c2cccs2)cc1Cl. The van der Waals surface area contributed by atoms with E-state index in [4.69, 9.17) is 17.3 Å². The molecule has 0 aliphatic rings. The molecule has 1 atom stereocenters. The lowest BCUT2D eigenvalue weighted by Crippen LogP contribution is -2.26. The van der Waals surface area contributed by atoms with Gasteiger partial charge < -0.3 is 5.73 Å². The largest absolute Gasteiger partial charge is 0.398 e. The van der Waals surface area contributed by atoms with Gasteiger partial charge >= 0.3 is 0 Å². The molecule has 1 heterocycles. The summed E-state index contributed by atoms with van der Waals surface area (Å²) in [5.41, 5.74) is 6.81. The molecular weight excluding hydrogens is 316 g/mol. The van der Waals surface area contributed by atoms with Gasteiger partial charge in [0.2, 0.25) is 10.0 Å². The summed E-state index contributed by atoms with van der Waals surface area (Å²) in [5, 5.41) is 2.25. The summed E-state index contributed by atoms with van der Waals surface area (Å²) in [6.45, 7) is 3.54. The van der Waals surface area contributed by atoms with E-state index < -0.39 is 10.0 Å². The molecule has 1 aromatic heterocycles. The minimum atomic E-state index is -3.66. The maximum atomic E-state index is 12.3. The molecule has 0 amide bonds. The minimum absolute atomic E-state index is 0.0778. The summed E-state index contributed by atoms with van der Waals surface area (Å²) in [6.07, 6.45) is 0. The molecule has 1 aromatic carbocycles. The number of nitrogen functional groups attached to an aromatic ring is 1. The van der Waals surface area contributed by atoms with Crippen LogP contribution in [0.5, 0.6) is 0 Å². The molecule has 0 radical (unpaired) electrons. The molecule has 0 fully saturated rings. The van der Waals surface area contributed by atoms with Gasteiger partial charge in [-0.2, -0.15) is 0 Å². The summed E-state index contributed by atoms with van der Waals surface area (Å²) >= 11 is 7.49. The van der Waals surface area contributed by atoms with Crippen molar-refractivity contribution in [2.24, 2.45) is 0 Å². The molecular formula is C13H15ClN2O2S2. The molecule has 0 saturated carbocycles. The number of benzene rings is 1. The normalized spacial score (nSPS) is 13.3. The molecule has 108 valence electrons. The lowest BCUT2D eigenvalue weighted by atomic mass is 10.2. The second-order valence-corrected chi connectivity index (χ2v) is 7.58. The third-order valence-corrected chi connectivity index (χ3v) is 5.94. The summed E-state index contributed by atoms with van der Waals surface area (Å²) in [7, 11) is -3.66. The van der Waals surface area contributed by atoms with Crippen LogP contribution in [0, 0.1) is 6.92 Å². The molecule has 3 N–H and O–H groups in total. The second kappa shape index (κ2) is 5.73.